The first kappa shape index (κ1) is 21.3. The maximum absolute atomic E-state index is 12.5. The molecular formula is C21H22N4O4S. The Kier molecular flexibility index (Phi) is 5.75. The molecule has 8 nitrogen and oxygen atoms in total. The van der Waals surface area contributed by atoms with E-state index in [0.29, 0.717) is 5.56 Å². The first-order chi connectivity index (χ1) is 14.1. The summed E-state index contributed by atoms with van der Waals surface area (Å²) in [4.78, 5) is 12.4. The Morgan fingerprint density at radius 1 is 1.03 bits per heavy atom. The first-order valence-corrected chi connectivity index (χ1v) is 10.6. The Labute approximate surface area is 175 Å². The second-order valence-corrected chi connectivity index (χ2v) is 8.72. The van der Waals surface area contributed by atoms with Crippen LogP contribution in [-0.2, 0) is 10.0 Å². The smallest absolute Gasteiger partial charge is 0.276 e. The van der Waals surface area contributed by atoms with Crippen LogP contribution in [0.25, 0.3) is 5.69 Å². The first-order valence-electron chi connectivity index (χ1n) is 9.16. The van der Waals surface area contributed by atoms with Crippen LogP contribution in [0.4, 0.5) is 5.69 Å². The molecule has 0 aliphatic rings. The van der Waals surface area contributed by atoms with Crippen molar-refractivity contribution in [2.75, 3.05) is 0 Å². The molecule has 0 aliphatic carbocycles. The van der Waals surface area contributed by atoms with E-state index < -0.39 is 14.9 Å². The number of aromatic nitrogens is 1. The summed E-state index contributed by atoms with van der Waals surface area (Å²) < 4.78 is 27.0. The minimum Gasteiger partial charge on any atom is -0.318 e. The van der Waals surface area contributed by atoms with Crippen molar-refractivity contribution < 1.29 is 13.3 Å². The number of nitrogens with zero attached hydrogens (tertiary/aromatic N) is 3. The molecule has 0 atom stereocenters. The minimum atomic E-state index is -4.04. The fourth-order valence-corrected chi connectivity index (χ4v) is 3.99. The third kappa shape index (κ3) is 4.25. The molecule has 1 N–H and O–H groups in total. The van der Waals surface area contributed by atoms with Crippen LogP contribution in [0.1, 0.15) is 28.1 Å². The summed E-state index contributed by atoms with van der Waals surface area (Å²) in [6.07, 6.45) is 1.42. The largest absolute Gasteiger partial charge is 0.318 e. The number of hydrogen-bond donors (Lipinski definition) is 1. The lowest BCUT2D eigenvalue weighted by Gasteiger charge is -2.09. The molecular weight excluding hydrogens is 404 g/mol. The lowest BCUT2D eigenvalue weighted by molar-refractivity contribution is -0.385. The molecule has 9 heteroatoms. The molecule has 1 aromatic heterocycles. The van der Waals surface area contributed by atoms with Gasteiger partial charge in [0, 0.05) is 34.3 Å². The Bertz CT molecular complexity index is 1240. The molecule has 2 aromatic carbocycles. The van der Waals surface area contributed by atoms with Gasteiger partial charge in [-0.3, -0.25) is 10.1 Å². The molecule has 0 aliphatic heterocycles. The Hall–Kier alpha value is -3.46. The van der Waals surface area contributed by atoms with Crippen molar-refractivity contribution in [3.8, 4) is 5.69 Å². The van der Waals surface area contributed by atoms with Gasteiger partial charge in [-0.25, -0.2) is 4.83 Å². The molecule has 156 valence electrons. The van der Waals surface area contributed by atoms with Gasteiger partial charge >= 0.3 is 0 Å². The zero-order chi connectivity index (χ0) is 22.1. The number of hydrogen-bond acceptors (Lipinski definition) is 5. The van der Waals surface area contributed by atoms with Crippen LogP contribution in [0.2, 0.25) is 0 Å². The molecule has 30 heavy (non-hydrogen) atoms. The predicted molar refractivity (Wildman–Crippen MR) is 116 cm³/mol. The second-order valence-electron chi connectivity index (χ2n) is 7.06. The Morgan fingerprint density at radius 3 is 2.33 bits per heavy atom. The normalized spacial score (nSPS) is 11.7. The van der Waals surface area contributed by atoms with Crippen molar-refractivity contribution in [2.45, 2.75) is 32.6 Å². The maximum atomic E-state index is 12.5. The van der Waals surface area contributed by atoms with E-state index in [1.54, 1.807) is 6.92 Å². The van der Waals surface area contributed by atoms with E-state index in [-0.39, 0.29) is 10.6 Å². The van der Waals surface area contributed by atoms with Crippen LogP contribution in [0, 0.1) is 37.8 Å². The van der Waals surface area contributed by atoms with Gasteiger partial charge in [0.25, 0.3) is 15.7 Å². The summed E-state index contributed by atoms with van der Waals surface area (Å²) in [5.74, 6) is 0. The third-order valence-electron chi connectivity index (χ3n) is 4.83. The van der Waals surface area contributed by atoms with E-state index in [2.05, 4.69) is 14.5 Å². The summed E-state index contributed by atoms with van der Waals surface area (Å²) in [6, 6.07) is 13.7. The highest BCUT2D eigenvalue weighted by Gasteiger charge is 2.19. The molecule has 0 radical (unpaired) electrons. The molecule has 0 spiro atoms. The monoisotopic (exact) mass is 426 g/mol. The van der Waals surface area contributed by atoms with Crippen LogP contribution >= 0.6 is 0 Å². The number of benzene rings is 2. The fourth-order valence-electron chi connectivity index (χ4n) is 3.18. The van der Waals surface area contributed by atoms with E-state index in [1.807, 2.05) is 51.1 Å². The summed E-state index contributed by atoms with van der Waals surface area (Å²) in [6.45, 7) is 7.45. The van der Waals surface area contributed by atoms with Gasteiger partial charge in [-0.1, -0.05) is 23.8 Å². The van der Waals surface area contributed by atoms with Crippen molar-refractivity contribution in [1.29, 1.82) is 0 Å². The summed E-state index contributed by atoms with van der Waals surface area (Å²) in [5, 5.41) is 14.9. The van der Waals surface area contributed by atoms with Crippen molar-refractivity contribution in [1.82, 2.24) is 9.40 Å². The number of nitro groups is 1. The summed E-state index contributed by atoms with van der Waals surface area (Å²) >= 11 is 0. The second kappa shape index (κ2) is 8.11. The van der Waals surface area contributed by atoms with Gasteiger partial charge in [0.15, 0.2) is 0 Å². The van der Waals surface area contributed by atoms with Crippen molar-refractivity contribution in [3.05, 3.63) is 86.7 Å². The van der Waals surface area contributed by atoms with E-state index in [0.717, 1.165) is 34.3 Å². The Morgan fingerprint density at radius 2 is 1.70 bits per heavy atom. The number of sulfonamides is 1. The van der Waals surface area contributed by atoms with Crippen LogP contribution in [0.3, 0.4) is 0 Å². The summed E-state index contributed by atoms with van der Waals surface area (Å²) in [7, 11) is -4.04. The lowest BCUT2D eigenvalue weighted by Crippen LogP contribution is -2.18. The highest BCUT2D eigenvalue weighted by molar-refractivity contribution is 7.89. The average Bonchev–Trinajstić information content (AvgIpc) is 2.96. The average molecular weight is 426 g/mol. The molecule has 3 rings (SSSR count). The van der Waals surface area contributed by atoms with Gasteiger partial charge in [0.1, 0.15) is 0 Å². The molecule has 0 fully saturated rings. The fraction of sp³-hybridized carbons (Fsp3) is 0.190. The maximum Gasteiger partial charge on any atom is 0.276 e. The highest BCUT2D eigenvalue weighted by atomic mass is 32.2. The van der Waals surface area contributed by atoms with E-state index in [1.165, 1.54) is 18.3 Å². The molecule has 1 heterocycles. The van der Waals surface area contributed by atoms with E-state index in [4.69, 9.17) is 0 Å². The summed E-state index contributed by atoms with van der Waals surface area (Å²) in [5.41, 5.74) is 4.93. The van der Waals surface area contributed by atoms with Crippen LogP contribution in [-0.4, -0.2) is 24.1 Å². The van der Waals surface area contributed by atoms with Gasteiger partial charge in [-0.15, -0.1) is 0 Å². The molecule has 0 amide bonds. The molecule has 0 bridgehead atoms. The van der Waals surface area contributed by atoms with Gasteiger partial charge < -0.3 is 4.57 Å². The van der Waals surface area contributed by atoms with Crippen molar-refractivity contribution in [3.63, 3.8) is 0 Å². The van der Waals surface area contributed by atoms with Crippen LogP contribution < -0.4 is 4.83 Å². The number of nitro benzene ring substituents is 1. The topological polar surface area (TPSA) is 107 Å². The molecule has 0 unspecified atom stereocenters. The number of nitrogens with one attached hydrogen (secondary N) is 1. The number of rotatable bonds is 6. The van der Waals surface area contributed by atoms with E-state index in [9.17, 15) is 18.5 Å². The van der Waals surface area contributed by atoms with Gasteiger partial charge in [0.2, 0.25) is 0 Å². The van der Waals surface area contributed by atoms with Crippen LogP contribution in [0.5, 0.6) is 0 Å². The van der Waals surface area contributed by atoms with Crippen molar-refractivity contribution in [2.24, 2.45) is 5.10 Å². The van der Waals surface area contributed by atoms with Gasteiger partial charge in [-0.05, 0) is 52.0 Å². The van der Waals surface area contributed by atoms with Gasteiger partial charge in [-0.2, -0.15) is 13.5 Å². The zero-order valence-corrected chi connectivity index (χ0v) is 17.9. The van der Waals surface area contributed by atoms with Crippen LogP contribution in [0.15, 0.2) is 58.5 Å². The molecule has 0 saturated heterocycles. The van der Waals surface area contributed by atoms with Gasteiger partial charge in [0.05, 0.1) is 16.0 Å². The highest BCUT2D eigenvalue weighted by Crippen LogP contribution is 2.22. The molecule has 3 aromatic rings. The molecule has 0 saturated carbocycles. The lowest BCUT2D eigenvalue weighted by atomic mass is 10.2. The van der Waals surface area contributed by atoms with E-state index >= 15 is 0 Å². The Balaban J connectivity index is 1.85. The number of hydrazone groups is 1. The standard InChI is InChI=1S/C21H22N4O4S/c1-14-5-8-19(9-6-14)24-16(3)11-18(17(24)4)13-22-23-30(28,29)20-10-7-15(2)21(12-20)25(26)27/h5-13,23H,1-4H3/b22-13+. The van der Waals surface area contributed by atoms with Crippen molar-refractivity contribution >= 4 is 21.9 Å². The zero-order valence-electron chi connectivity index (χ0n) is 17.1. The SMILES string of the molecule is Cc1ccc(-n2c(C)cc(/C=N/NS(=O)(=O)c3ccc(C)c([N+](=O)[O-])c3)c2C)cc1. The predicted octanol–water partition coefficient (Wildman–Crippen LogP) is 3.93. The number of aryl methyl sites for hydroxylation is 3. The third-order valence-corrected chi connectivity index (χ3v) is 6.05. The minimum absolute atomic E-state index is 0.220. The quantitative estimate of drug-likeness (QED) is 0.366.